The minimum Gasteiger partial charge on any atom is -0.325 e. The Balaban J connectivity index is 1.62. The van der Waals surface area contributed by atoms with Gasteiger partial charge in [0.1, 0.15) is 11.1 Å². The lowest BCUT2D eigenvalue weighted by Gasteiger charge is -2.18. The summed E-state index contributed by atoms with van der Waals surface area (Å²) in [6.07, 6.45) is -4.50. The second-order valence-corrected chi connectivity index (χ2v) is 8.65. The average Bonchev–Trinajstić information content (AvgIpc) is 3.17. The fourth-order valence-electron chi connectivity index (χ4n) is 3.38. The molecule has 1 atom stereocenters. The Morgan fingerprint density at radius 2 is 1.65 bits per heavy atom. The van der Waals surface area contributed by atoms with Crippen LogP contribution in [0.3, 0.4) is 0 Å². The number of halogens is 3. The van der Waals surface area contributed by atoms with Crippen molar-refractivity contribution in [2.75, 3.05) is 5.32 Å². The van der Waals surface area contributed by atoms with Crippen molar-refractivity contribution in [1.29, 1.82) is 0 Å². The maximum atomic E-state index is 13.3. The van der Waals surface area contributed by atoms with Crippen LogP contribution in [-0.2, 0) is 17.5 Å². The Kier molecular flexibility index (Phi) is 7.02. The van der Waals surface area contributed by atoms with Crippen LogP contribution in [0.15, 0.2) is 90.1 Å². The van der Waals surface area contributed by atoms with Crippen LogP contribution >= 0.6 is 11.8 Å². The highest BCUT2D eigenvalue weighted by Gasteiger charge is 2.31. The van der Waals surface area contributed by atoms with E-state index in [4.69, 9.17) is 0 Å². The zero-order valence-corrected chi connectivity index (χ0v) is 19.0. The first-order chi connectivity index (χ1) is 16.3. The van der Waals surface area contributed by atoms with Crippen molar-refractivity contribution in [2.24, 2.45) is 0 Å². The normalized spacial score (nSPS) is 12.4. The van der Waals surface area contributed by atoms with Crippen molar-refractivity contribution in [3.8, 4) is 0 Å². The Bertz CT molecular complexity index is 1260. The molecule has 4 aromatic rings. The van der Waals surface area contributed by atoms with Crippen LogP contribution in [0.5, 0.6) is 0 Å². The third kappa shape index (κ3) is 5.66. The number of benzene rings is 3. The number of carbonyl (C=O) groups is 1. The van der Waals surface area contributed by atoms with E-state index in [2.05, 4.69) is 15.5 Å². The highest BCUT2D eigenvalue weighted by atomic mass is 32.2. The predicted molar refractivity (Wildman–Crippen MR) is 125 cm³/mol. The molecule has 0 aliphatic rings. The molecule has 34 heavy (non-hydrogen) atoms. The zero-order chi connectivity index (χ0) is 24.1. The van der Waals surface area contributed by atoms with Gasteiger partial charge in [-0.15, -0.1) is 10.2 Å². The monoisotopic (exact) mass is 482 g/mol. The number of carbonyl (C=O) groups excluding carboxylic acids is 1. The van der Waals surface area contributed by atoms with Gasteiger partial charge < -0.3 is 9.88 Å². The molecule has 0 unspecified atom stereocenters. The van der Waals surface area contributed by atoms with Crippen LogP contribution in [-0.4, -0.2) is 20.7 Å². The number of alkyl halides is 3. The molecule has 1 aromatic heterocycles. The van der Waals surface area contributed by atoms with Gasteiger partial charge in [0.05, 0.1) is 12.1 Å². The first-order valence-corrected chi connectivity index (χ1v) is 11.3. The van der Waals surface area contributed by atoms with Crippen molar-refractivity contribution in [3.63, 3.8) is 0 Å². The van der Waals surface area contributed by atoms with Crippen LogP contribution in [0, 0.1) is 6.92 Å². The Morgan fingerprint density at radius 3 is 2.32 bits per heavy atom. The average molecular weight is 483 g/mol. The minimum absolute atomic E-state index is 0.0725. The van der Waals surface area contributed by atoms with Gasteiger partial charge in [0, 0.05) is 5.69 Å². The second kappa shape index (κ2) is 10.1. The summed E-state index contributed by atoms with van der Waals surface area (Å²) in [6.45, 7) is 2.36. The van der Waals surface area contributed by atoms with Gasteiger partial charge in [-0.2, -0.15) is 13.2 Å². The Morgan fingerprint density at radius 1 is 0.971 bits per heavy atom. The second-order valence-electron chi connectivity index (χ2n) is 7.58. The highest BCUT2D eigenvalue weighted by Crippen LogP contribution is 2.36. The summed E-state index contributed by atoms with van der Waals surface area (Å²) in [5, 5.41) is 10.8. The molecule has 0 fully saturated rings. The smallest absolute Gasteiger partial charge is 0.325 e. The van der Waals surface area contributed by atoms with Gasteiger partial charge >= 0.3 is 6.18 Å². The van der Waals surface area contributed by atoms with E-state index in [-0.39, 0.29) is 5.69 Å². The number of hydrogen-bond donors (Lipinski definition) is 1. The molecule has 0 bridgehead atoms. The molecule has 5 nitrogen and oxygen atoms in total. The summed E-state index contributed by atoms with van der Waals surface area (Å²) in [7, 11) is 0. The summed E-state index contributed by atoms with van der Waals surface area (Å²) in [6, 6.07) is 23.4. The van der Waals surface area contributed by atoms with Crippen molar-refractivity contribution in [3.05, 3.63) is 107 Å². The standard InChI is InChI=1S/C25H21F3N4OS/c1-17-30-31-24(32(17)16-18-9-4-2-5-10-18)34-22(19-11-6-3-7-12-19)23(33)29-21-14-8-13-20(15-21)25(26,27)28/h2-15,22H,16H2,1H3,(H,29,33)/t22-/m0/s1. The van der Waals surface area contributed by atoms with Crippen LogP contribution < -0.4 is 5.32 Å². The molecule has 1 amide bonds. The van der Waals surface area contributed by atoms with Crippen molar-refractivity contribution in [2.45, 2.75) is 30.1 Å². The molecular weight excluding hydrogens is 461 g/mol. The molecule has 0 aliphatic carbocycles. The molecule has 0 spiro atoms. The number of rotatable bonds is 7. The first-order valence-electron chi connectivity index (χ1n) is 10.4. The third-order valence-corrected chi connectivity index (χ3v) is 6.34. The number of thioether (sulfide) groups is 1. The van der Waals surface area contributed by atoms with E-state index in [1.54, 1.807) is 24.3 Å². The summed E-state index contributed by atoms with van der Waals surface area (Å²) >= 11 is 1.20. The quantitative estimate of drug-likeness (QED) is 0.322. The summed E-state index contributed by atoms with van der Waals surface area (Å²) in [5.41, 5.74) is 0.997. The zero-order valence-electron chi connectivity index (χ0n) is 18.2. The van der Waals surface area contributed by atoms with Gasteiger partial charge in [-0.3, -0.25) is 4.79 Å². The number of nitrogens with one attached hydrogen (secondary N) is 1. The molecule has 9 heteroatoms. The molecule has 1 N–H and O–H groups in total. The lowest BCUT2D eigenvalue weighted by Crippen LogP contribution is -2.20. The number of hydrogen-bond acceptors (Lipinski definition) is 4. The maximum Gasteiger partial charge on any atom is 0.416 e. The molecule has 174 valence electrons. The molecule has 0 saturated heterocycles. The molecule has 1 heterocycles. The molecule has 0 aliphatic heterocycles. The summed E-state index contributed by atoms with van der Waals surface area (Å²) < 4.78 is 41.2. The lowest BCUT2D eigenvalue weighted by molar-refractivity contribution is -0.137. The summed E-state index contributed by atoms with van der Waals surface area (Å²) in [4.78, 5) is 13.3. The number of amides is 1. The largest absolute Gasteiger partial charge is 0.416 e. The van der Waals surface area contributed by atoms with Gasteiger partial charge in [0.15, 0.2) is 5.16 Å². The number of aryl methyl sites for hydroxylation is 1. The minimum atomic E-state index is -4.50. The fourth-order valence-corrected chi connectivity index (χ4v) is 4.47. The van der Waals surface area contributed by atoms with Crippen LogP contribution in [0.2, 0.25) is 0 Å². The van der Waals surface area contributed by atoms with E-state index in [1.165, 1.54) is 23.9 Å². The number of aromatic nitrogens is 3. The first kappa shape index (κ1) is 23.6. The molecular formula is C25H21F3N4OS. The number of anilines is 1. The highest BCUT2D eigenvalue weighted by molar-refractivity contribution is 8.00. The van der Waals surface area contributed by atoms with E-state index >= 15 is 0 Å². The Labute approximate surface area is 199 Å². The predicted octanol–water partition coefficient (Wildman–Crippen LogP) is 6.13. The molecule has 0 saturated carbocycles. The van der Waals surface area contributed by atoms with Crippen molar-refractivity contribution in [1.82, 2.24) is 14.8 Å². The summed E-state index contributed by atoms with van der Waals surface area (Å²) in [5.74, 6) is 0.235. The van der Waals surface area contributed by atoms with E-state index < -0.39 is 22.9 Å². The van der Waals surface area contributed by atoms with Gasteiger partial charge in [-0.05, 0) is 36.2 Å². The van der Waals surface area contributed by atoms with Gasteiger partial charge in [0.25, 0.3) is 0 Å². The van der Waals surface area contributed by atoms with E-state index in [1.807, 2.05) is 47.9 Å². The topological polar surface area (TPSA) is 59.8 Å². The molecule has 4 rings (SSSR count). The van der Waals surface area contributed by atoms with Gasteiger partial charge in [-0.25, -0.2) is 0 Å². The van der Waals surface area contributed by atoms with Gasteiger partial charge in [0.2, 0.25) is 5.91 Å². The fraction of sp³-hybridized carbons (Fsp3) is 0.160. The van der Waals surface area contributed by atoms with E-state index in [9.17, 15) is 18.0 Å². The lowest BCUT2D eigenvalue weighted by atomic mass is 10.1. The molecule has 3 aromatic carbocycles. The van der Waals surface area contributed by atoms with Gasteiger partial charge in [-0.1, -0.05) is 78.5 Å². The maximum absolute atomic E-state index is 13.3. The van der Waals surface area contributed by atoms with Crippen molar-refractivity contribution >= 4 is 23.4 Å². The van der Waals surface area contributed by atoms with Crippen LogP contribution in [0.1, 0.15) is 27.8 Å². The van der Waals surface area contributed by atoms with Crippen LogP contribution in [0.4, 0.5) is 18.9 Å². The molecule has 0 radical (unpaired) electrons. The SMILES string of the molecule is Cc1nnc(S[C@H](C(=O)Nc2cccc(C(F)(F)F)c2)c2ccccc2)n1Cc1ccccc1. The number of nitrogens with zero attached hydrogens (tertiary/aromatic N) is 3. The third-order valence-electron chi connectivity index (χ3n) is 5.11. The van der Waals surface area contributed by atoms with E-state index in [0.29, 0.717) is 23.1 Å². The van der Waals surface area contributed by atoms with Crippen molar-refractivity contribution < 1.29 is 18.0 Å². The van der Waals surface area contributed by atoms with E-state index in [0.717, 1.165) is 17.7 Å². The van der Waals surface area contributed by atoms with Crippen LogP contribution in [0.25, 0.3) is 0 Å². The Hall–Kier alpha value is -3.59.